The van der Waals surface area contributed by atoms with E-state index < -0.39 is 0 Å². The normalized spacial score (nSPS) is 10.2. The van der Waals surface area contributed by atoms with Gasteiger partial charge in [0.1, 0.15) is 0 Å². The Labute approximate surface area is 130 Å². The van der Waals surface area contributed by atoms with Crippen LogP contribution in [-0.2, 0) is 0 Å². The molecule has 0 heterocycles. The molecule has 0 atom stereocenters. The average Bonchev–Trinajstić information content (AvgIpc) is 2.55. The maximum atomic E-state index is 12.7. The monoisotopic (exact) mass is 300 g/mol. The molecule has 0 saturated carbocycles. The first-order valence-corrected chi connectivity index (χ1v) is 6.93. The topological polar surface area (TPSA) is 44.8 Å². The van der Waals surface area contributed by atoms with Gasteiger partial charge in [0.15, 0.2) is 17.3 Å². The zero-order valence-electron chi connectivity index (χ0n) is 13.5. The summed E-state index contributed by atoms with van der Waals surface area (Å²) in [5.74, 6) is 1.33. The van der Waals surface area contributed by atoms with E-state index in [2.05, 4.69) is 0 Å². The fourth-order valence-corrected chi connectivity index (χ4v) is 2.26. The third-order valence-electron chi connectivity index (χ3n) is 3.70. The molecule has 22 heavy (non-hydrogen) atoms. The smallest absolute Gasteiger partial charge is 0.203 e. The minimum Gasteiger partial charge on any atom is -0.493 e. The number of carbonyl (C=O) groups excluding carboxylic acids is 1. The first kappa shape index (κ1) is 15.9. The maximum Gasteiger partial charge on any atom is 0.203 e. The molecule has 0 spiro atoms. The third-order valence-corrected chi connectivity index (χ3v) is 3.70. The molecule has 4 heteroatoms. The number of carbonyl (C=O) groups is 1. The fraction of sp³-hybridized carbons (Fsp3) is 0.278. The molecule has 2 rings (SSSR count). The van der Waals surface area contributed by atoms with Gasteiger partial charge in [-0.1, -0.05) is 12.1 Å². The lowest BCUT2D eigenvalue weighted by Crippen LogP contribution is -2.04. The van der Waals surface area contributed by atoms with Gasteiger partial charge in [0, 0.05) is 11.1 Å². The number of hydrogen-bond acceptors (Lipinski definition) is 4. The summed E-state index contributed by atoms with van der Waals surface area (Å²) in [5.41, 5.74) is 3.37. The Morgan fingerprint density at radius 1 is 0.773 bits per heavy atom. The van der Waals surface area contributed by atoms with Crippen LogP contribution in [0.1, 0.15) is 27.0 Å². The van der Waals surface area contributed by atoms with Gasteiger partial charge in [-0.2, -0.15) is 0 Å². The molecule has 0 aromatic heterocycles. The predicted octanol–water partition coefficient (Wildman–Crippen LogP) is 3.56. The van der Waals surface area contributed by atoms with E-state index in [-0.39, 0.29) is 5.78 Å². The molecule has 116 valence electrons. The highest BCUT2D eigenvalue weighted by molar-refractivity contribution is 6.09. The summed E-state index contributed by atoms with van der Waals surface area (Å²) in [7, 11) is 4.59. The van der Waals surface area contributed by atoms with Crippen LogP contribution in [0.4, 0.5) is 0 Å². The molecule has 0 amide bonds. The van der Waals surface area contributed by atoms with E-state index in [0.29, 0.717) is 28.4 Å². The van der Waals surface area contributed by atoms with Gasteiger partial charge in [0.25, 0.3) is 0 Å². The van der Waals surface area contributed by atoms with Crippen molar-refractivity contribution < 1.29 is 19.0 Å². The standard InChI is InChI=1S/C18H20O4/c1-11-6-7-13(8-12(11)2)17(19)14-9-15(20-3)18(22-5)16(10-14)21-4/h6-10H,1-5H3. The molecular formula is C18H20O4. The zero-order valence-corrected chi connectivity index (χ0v) is 13.5. The van der Waals surface area contributed by atoms with Crippen molar-refractivity contribution in [3.8, 4) is 17.2 Å². The molecule has 0 radical (unpaired) electrons. The minimum atomic E-state index is -0.0812. The lowest BCUT2D eigenvalue weighted by Gasteiger charge is -2.14. The van der Waals surface area contributed by atoms with Crippen molar-refractivity contribution in [3.63, 3.8) is 0 Å². The van der Waals surface area contributed by atoms with Crippen molar-refractivity contribution in [1.82, 2.24) is 0 Å². The Morgan fingerprint density at radius 2 is 1.36 bits per heavy atom. The Balaban J connectivity index is 2.51. The molecule has 2 aromatic carbocycles. The summed E-state index contributed by atoms with van der Waals surface area (Å²) in [5, 5.41) is 0. The summed E-state index contributed by atoms with van der Waals surface area (Å²) >= 11 is 0. The van der Waals surface area contributed by atoms with Crippen LogP contribution in [0.15, 0.2) is 30.3 Å². The van der Waals surface area contributed by atoms with E-state index >= 15 is 0 Å². The van der Waals surface area contributed by atoms with Crippen LogP contribution in [0, 0.1) is 13.8 Å². The predicted molar refractivity (Wildman–Crippen MR) is 85.4 cm³/mol. The van der Waals surface area contributed by atoms with Crippen LogP contribution in [0.3, 0.4) is 0 Å². The summed E-state index contributed by atoms with van der Waals surface area (Å²) in [6.07, 6.45) is 0. The fourth-order valence-electron chi connectivity index (χ4n) is 2.26. The van der Waals surface area contributed by atoms with Gasteiger partial charge in [-0.05, 0) is 43.2 Å². The second-order valence-electron chi connectivity index (χ2n) is 5.04. The van der Waals surface area contributed by atoms with Crippen molar-refractivity contribution in [2.45, 2.75) is 13.8 Å². The largest absolute Gasteiger partial charge is 0.493 e. The summed E-state index contributed by atoms with van der Waals surface area (Å²) in [6, 6.07) is 8.99. The van der Waals surface area contributed by atoms with Crippen molar-refractivity contribution in [3.05, 3.63) is 52.6 Å². The molecule has 0 aliphatic carbocycles. The van der Waals surface area contributed by atoms with Crippen molar-refractivity contribution >= 4 is 5.78 Å². The van der Waals surface area contributed by atoms with Gasteiger partial charge < -0.3 is 14.2 Å². The number of benzene rings is 2. The first-order valence-electron chi connectivity index (χ1n) is 6.93. The Bertz CT molecular complexity index is 679. The summed E-state index contributed by atoms with van der Waals surface area (Å²) in [6.45, 7) is 4.00. The molecule has 0 bridgehead atoms. The van der Waals surface area contributed by atoms with E-state index in [0.717, 1.165) is 11.1 Å². The van der Waals surface area contributed by atoms with Crippen molar-refractivity contribution in [1.29, 1.82) is 0 Å². The molecule has 0 unspecified atom stereocenters. The SMILES string of the molecule is COc1cc(C(=O)c2ccc(C)c(C)c2)cc(OC)c1OC. The van der Waals surface area contributed by atoms with Gasteiger partial charge >= 0.3 is 0 Å². The van der Waals surface area contributed by atoms with Crippen LogP contribution in [0.2, 0.25) is 0 Å². The van der Waals surface area contributed by atoms with E-state index in [1.807, 2.05) is 32.0 Å². The number of methoxy groups -OCH3 is 3. The molecule has 0 aliphatic heterocycles. The lowest BCUT2D eigenvalue weighted by atomic mass is 9.99. The van der Waals surface area contributed by atoms with Crippen LogP contribution < -0.4 is 14.2 Å². The summed E-state index contributed by atoms with van der Waals surface area (Å²) in [4.78, 5) is 12.7. The maximum absolute atomic E-state index is 12.7. The Kier molecular flexibility index (Phi) is 4.71. The second-order valence-corrected chi connectivity index (χ2v) is 5.04. The highest BCUT2D eigenvalue weighted by Crippen LogP contribution is 2.38. The molecule has 2 aromatic rings. The molecule has 0 fully saturated rings. The van der Waals surface area contributed by atoms with Gasteiger partial charge in [0.2, 0.25) is 5.75 Å². The van der Waals surface area contributed by atoms with Crippen LogP contribution in [-0.4, -0.2) is 27.1 Å². The Hall–Kier alpha value is -2.49. The average molecular weight is 300 g/mol. The van der Waals surface area contributed by atoms with E-state index in [1.165, 1.54) is 21.3 Å². The second kappa shape index (κ2) is 6.52. The van der Waals surface area contributed by atoms with Crippen molar-refractivity contribution in [2.75, 3.05) is 21.3 Å². The van der Waals surface area contributed by atoms with Gasteiger partial charge in [-0.25, -0.2) is 0 Å². The molecular weight excluding hydrogens is 280 g/mol. The van der Waals surface area contributed by atoms with E-state index in [1.54, 1.807) is 12.1 Å². The quantitative estimate of drug-likeness (QED) is 0.792. The van der Waals surface area contributed by atoms with E-state index in [4.69, 9.17) is 14.2 Å². The number of hydrogen-bond donors (Lipinski definition) is 0. The third kappa shape index (κ3) is 2.91. The van der Waals surface area contributed by atoms with Crippen LogP contribution in [0.5, 0.6) is 17.2 Å². The van der Waals surface area contributed by atoms with Gasteiger partial charge in [0.05, 0.1) is 21.3 Å². The van der Waals surface area contributed by atoms with Gasteiger partial charge in [-0.3, -0.25) is 4.79 Å². The minimum absolute atomic E-state index is 0.0812. The molecule has 0 N–H and O–H groups in total. The van der Waals surface area contributed by atoms with Crippen LogP contribution in [0.25, 0.3) is 0 Å². The molecule has 4 nitrogen and oxygen atoms in total. The van der Waals surface area contributed by atoms with Crippen molar-refractivity contribution in [2.24, 2.45) is 0 Å². The van der Waals surface area contributed by atoms with Crippen LogP contribution >= 0.6 is 0 Å². The number of ether oxygens (including phenoxy) is 3. The first-order chi connectivity index (χ1) is 10.5. The number of aryl methyl sites for hydroxylation is 2. The summed E-state index contributed by atoms with van der Waals surface area (Å²) < 4.78 is 15.9. The zero-order chi connectivity index (χ0) is 16.3. The number of ketones is 1. The number of rotatable bonds is 5. The lowest BCUT2D eigenvalue weighted by molar-refractivity contribution is 0.103. The van der Waals surface area contributed by atoms with Gasteiger partial charge in [-0.15, -0.1) is 0 Å². The van der Waals surface area contributed by atoms with E-state index in [9.17, 15) is 4.79 Å². The Morgan fingerprint density at radius 3 is 1.82 bits per heavy atom. The highest BCUT2D eigenvalue weighted by Gasteiger charge is 2.18. The molecule has 0 saturated heterocycles. The molecule has 0 aliphatic rings. The highest BCUT2D eigenvalue weighted by atomic mass is 16.5.